The number of allylic oxidation sites excluding steroid dienone is 1. The fourth-order valence-electron chi connectivity index (χ4n) is 1.10. The lowest BCUT2D eigenvalue weighted by molar-refractivity contribution is 1.26. The molecule has 0 aliphatic heterocycles. The Labute approximate surface area is 67.8 Å². The molecule has 0 radical (unpaired) electrons. The van der Waals surface area contributed by atoms with Crippen LogP contribution in [0, 0.1) is 0 Å². The first kappa shape index (κ1) is 7.86. The Morgan fingerprint density at radius 2 is 2.18 bits per heavy atom. The molecular weight excluding hydrogens is 134 g/mol. The van der Waals surface area contributed by atoms with Gasteiger partial charge in [-0.2, -0.15) is 0 Å². The fraction of sp³-hybridized carbons (Fsp3) is 0.200. The normalized spacial score (nSPS) is 9.18. The molecule has 1 heteroatoms. The average molecular weight is 147 g/mol. The highest BCUT2D eigenvalue weighted by molar-refractivity contribution is 5.51. The zero-order chi connectivity index (χ0) is 8.10. The van der Waals surface area contributed by atoms with Crippen LogP contribution in [0.25, 0.3) is 0 Å². The Morgan fingerprint density at radius 1 is 1.45 bits per heavy atom. The second-order valence-electron chi connectivity index (χ2n) is 2.40. The van der Waals surface area contributed by atoms with Crippen molar-refractivity contribution in [2.24, 2.45) is 0 Å². The number of para-hydroxylation sites is 1. The van der Waals surface area contributed by atoms with Crippen LogP contribution in [0.3, 0.4) is 0 Å². The second-order valence-corrected chi connectivity index (χ2v) is 2.40. The van der Waals surface area contributed by atoms with Crippen LogP contribution in [0.4, 0.5) is 5.69 Å². The third-order valence-corrected chi connectivity index (χ3v) is 1.65. The highest BCUT2D eigenvalue weighted by atomic mass is 14.8. The predicted octanol–water partition coefficient (Wildman–Crippen LogP) is 2.46. The summed E-state index contributed by atoms with van der Waals surface area (Å²) in [6.07, 6.45) is 2.84. The number of hydrogen-bond donors (Lipinski definition) is 1. The Hall–Kier alpha value is -1.24. The van der Waals surface area contributed by atoms with Crippen molar-refractivity contribution in [3.8, 4) is 0 Å². The largest absolute Gasteiger partial charge is 0.388 e. The molecule has 0 amide bonds. The van der Waals surface area contributed by atoms with Crippen molar-refractivity contribution in [3.05, 3.63) is 42.5 Å². The topological polar surface area (TPSA) is 12.0 Å². The fourth-order valence-corrected chi connectivity index (χ4v) is 1.10. The van der Waals surface area contributed by atoms with Gasteiger partial charge in [0.25, 0.3) is 0 Å². The van der Waals surface area contributed by atoms with Gasteiger partial charge < -0.3 is 5.32 Å². The van der Waals surface area contributed by atoms with Crippen LogP contribution in [0.2, 0.25) is 0 Å². The first-order valence-electron chi connectivity index (χ1n) is 3.75. The van der Waals surface area contributed by atoms with Gasteiger partial charge >= 0.3 is 0 Å². The van der Waals surface area contributed by atoms with Gasteiger partial charge in [-0.15, -0.1) is 6.58 Å². The van der Waals surface area contributed by atoms with Crippen molar-refractivity contribution in [1.29, 1.82) is 0 Å². The van der Waals surface area contributed by atoms with Crippen LogP contribution >= 0.6 is 0 Å². The quantitative estimate of drug-likeness (QED) is 0.647. The number of rotatable bonds is 3. The Kier molecular flexibility index (Phi) is 2.73. The summed E-state index contributed by atoms with van der Waals surface area (Å²) in [5, 5.41) is 3.13. The van der Waals surface area contributed by atoms with Gasteiger partial charge in [0.15, 0.2) is 0 Å². The molecule has 1 N–H and O–H groups in total. The summed E-state index contributed by atoms with van der Waals surface area (Å²) in [7, 11) is 1.93. The third-order valence-electron chi connectivity index (χ3n) is 1.65. The van der Waals surface area contributed by atoms with E-state index in [0.717, 1.165) is 6.42 Å². The van der Waals surface area contributed by atoms with E-state index in [0.29, 0.717) is 0 Å². The Bertz CT molecular complexity index is 240. The summed E-state index contributed by atoms with van der Waals surface area (Å²) in [5.74, 6) is 0. The third kappa shape index (κ3) is 1.84. The van der Waals surface area contributed by atoms with Gasteiger partial charge in [0.1, 0.15) is 0 Å². The Morgan fingerprint density at radius 3 is 2.82 bits per heavy atom. The molecule has 0 heterocycles. The molecule has 1 rings (SSSR count). The van der Waals surface area contributed by atoms with E-state index >= 15 is 0 Å². The molecule has 0 fully saturated rings. The van der Waals surface area contributed by atoms with Crippen LogP contribution < -0.4 is 5.32 Å². The predicted molar refractivity (Wildman–Crippen MR) is 49.9 cm³/mol. The number of anilines is 1. The highest BCUT2D eigenvalue weighted by Crippen LogP contribution is 2.14. The summed E-state index contributed by atoms with van der Waals surface area (Å²) < 4.78 is 0. The van der Waals surface area contributed by atoms with Crippen molar-refractivity contribution in [2.45, 2.75) is 6.42 Å². The molecule has 0 aromatic heterocycles. The van der Waals surface area contributed by atoms with E-state index in [1.54, 1.807) is 0 Å². The van der Waals surface area contributed by atoms with Gasteiger partial charge in [-0.3, -0.25) is 0 Å². The summed E-state index contributed by atoms with van der Waals surface area (Å²) in [6, 6.07) is 8.24. The van der Waals surface area contributed by atoms with E-state index in [9.17, 15) is 0 Å². The standard InChI is InChI=1S/C10H13N/c1-3-6-9-7-4-5-8-10(9)11-2/h3-5,7-8,11H,1,6H2,2H3. The zero-order valence-corrected chi connectivity index (χ0v) is 6.80. The van der Waals surface area contributed by atoms with Crippen molar-refractivity contribution < 1.29 is 0 Å². The summed E-state index contributed by atoms with van der Waals surface area (Å²) in [6.45, 7) is 3.70. The highest BCUT2D eigenvalue weighted by Gasteiger charge is 1.94. The van der Waals surface area contributed by atoms with Crippen LogP contribution in [-0.4, -0.2) is 7.05 Å². The first-order chi connectivity index (χ1) is 5.38. The minimum Gasteiger partial charge on any atom is -0.388 e. The van der Waals surface area contributed by atoms with E-state index < -0.39 is 0 Å². The SMILES string of the molecule is C=CCc1ccccc1NC. The summed E-state index contributed by atoms with van der Waals surface area (Å²) >= 11 is 0. The molecule has 0 bridgehead atoms. The molecule has 0 spiro atoms. The van der Waals surface area contributed by atoms with Crippen molar-refractivity contribution in [3.63, 3.8) is 0 Å². The smallest absolute Gasteiger partial charge is 0.0373 e. The van der Waals surface area contributed by atoms with Gasteiger partial charge in [0.2, 0.25) is 0 Å². The number of hydrogen-bond acceptors (Lipinski definition) is 1. The second kappa shape index (κ2) is 3.81. The van der Waals surface area contributed by atoms with Crippen molar-refractivity contribution in [2.75, 3.05) is 12.4 Å². The maximum absolute atomic E-state index is 3.70. The zero-order valence-electron chi connectivity index (χ0n) is 6.80. The molecular formula is C10H13N. The Balaban J connectivity index is 2.92. The molecule has 58 valence electrons. The van der Waals surface area contributed by atoms with Crippen LogP contribution in [-0.2, 0) is 6.42 Å². The van der Waals surface area contributed by atoms with Gasteiger partial charge in [-0.1, -0.05) is 24.3 Å². The van der Waals surface area contributed by atoms with Gasteiger partial charge in [-0.25, -0.2) is 0 Å². The minimum absolute atomic E-state index is 0.928. The molecule has 1 aromatic rings. The van der Waals surface area contributed by atoms with Gasteiger partial charge in [0, 0.05) is 12.7 Å². The molecule has 0 saturated carbocycles. The maximum Gasteiger partial charge on any atom is 0.0373 e. The molecule has 0 unspecified atom stereocenters. The van der Waals surface area contributed by atoms with Crippen molar-refractivity contribution >= 4 is 5.69 Å². The molecule has 0 saturated heterocycles. The molecule has 0 aliphatic carbocycles. The van der Waals surface area contributed by atoms with E-state index in [4.69, 9.17) is 0 Å². The minimum atomic E-state index is 0.928. The summed E-state index contributed by atoms with van der Waals surface area (Å²) in [4.78, 5) is 0. The maximum atomic E-state index is 3.70. The lowest BCUT2D eigenvalue weighted by Crippen LogP contribution is -1.93. The molecule has 1 aromatic carbocycles. The molecule has 0 aliphatic rings. The summed E-state index contributed by atoms with van der Waals surface area (Å²) in [5.41, 5.74) is 2.48. The van der Waals surface area contributed by atoms with Crippen molar-refractivity contribution in [1.82, 2.24) is 0 Å². The average Bonchev–Trinajstić information content (AvgIpc) is 2.06. The van der Waals surface area contributed by atoms with E-state index in [1.165, 1.54) is 11.3 Å². The van der Waals surface area contributed by atoms with Crippen LogP contribution in [0.15, 0.2) is 36.9 Å². The lowest BCUT2D eigenvalue weighted by atomic mass is 10.1. The number of nitrogens with one attached hydrogen (secondary N) is 1. The molecule has 11 heavy (non-hydrogen) atoms. The lowest BCUT2D eigenvalue weighted by Gasteiger charge is -2.05. The van der Waals surface area contributed by atoms with E-state index in [-0.39, 0.29) is 0 Å². The van der Waals surface area contributed by atoms with E-state index in [2.05, 4.69) is 24.0 Å². The van der Waals surface area contributed by atoms with Crippen LogP contribution in [0.1, 0.15) is 5.56 Å². The first-order valence-corrected chi connectivity index (χ1v) is 3.75. The van der Waals surface area contributed by atoms with E-state index in [1.807, 2.05) is 25.3 Å². The van der Waals surface area contributed by atoms with Crippen LogP contribution in [0.5, 0.6) is 0 Å². The van der Waals surface area contributed by atoms with Gasteiger partial charge in [-0.05, 0) is 18.1 Å². The monoisotopic (exact) mass is 147 g/mol. The molecule has 0 atom stereocenters. The van der Waals surface area contributed by atoms with Gasteiger partial charge in [0.05, 0.1) is 0 Å². The molecule has 1 nitrogen and oxygen atoms in total. The number of benzene rings is 1.